The van der Waals surface area contributed by atoms with Gasteiger partial charge in [-0.15, -0.1) is 11.3 Å². The van der Waals surface area contributed by atoms with Crippen LogP contribution in [-0.2, 0) is 4.79 Å². The van der Waals surface area contributed by atoms with Crippen molar-refractivity contribution >= 4 is 22.4 Å². The topological polar surface area (TPSA) is 71.8 Å². The normalized spacial score (nSPS) is 13.9. The summed E-state index contributed by atoms with van der Waals surface area (Å²) in [6, 6.07) is 0.307. The second-order valence-corrected chi connectivity index (χ2v) is 6.11. The number of thiazole rings is 1. The number of hydrogen-bond donors (Lipinski definition) is 2. The smallest absolute Gasteiger partial charge is 0.240 e. The molecule has 0 aliphatic carbocycles. The molecule has 2 aromatic rings. The second-order valence-electron chi connectivity index (χ2n) is 5.25. The van der Waals surface area contributed by atoms with Gasteiger partial charge in [0.1, 0.15) is 0 Å². The third-order valence-corrected chi connectivity index (χ3v) is 4.20. The average Bonchev–Trinajstić information content (AvgIpc) is 3.04. The minimum Gasteiger partial charge on any atom is -0.304 e. The van der Waals surface area contributed by atoms with Crippen LogP contribution in [0.15, 0.2) is 17.8 Å². The van der Waals surface area contributed by atoms with Crippen molar-refractivity contribution < 1.29 is 4.79 Å². The van der Waals surface area contributed by atoms with Crippen LogP contribution in [0.4, 0.5) is 5.13 Å². The molecule has 0 fully saturated rings. The number of aryl methyl sites for hydroxylation is 2. The van der Waals surface area contributed by atoms with Gasteiger partial charge in [0.2, 0.25) is 5.91 Å². The summed E-state index contributed by atoms with van der Waals surface area (Å²) in [5, 5.41) is 12.9. The van der Waals surface area contributed by atoms with E-state index in [0.717, 1.165) is 11.3 Å². The van der Waals surface area contributed by atoms with Gasteiger partial charge in [0.25, 0.3) is 0 Å². The minimum absolute atomic E-state index is 0.0833. The van der Waals surface area contributed by atoms with Gasteiger partial charge >= 0.3 is 0 Å². The summed E-state index contributed by atoms with van der Waals surface area (Å²) in [5.74, 6) is -0.0833. The van der Waals surface area contributed by atoms with Gasteiger partial charge in [-0.1, -0.05) is 0 Å². The fourth-order valence-electron chi connectivity index (χ4n) is 1.88. The zero-order chi connectivity index (χ0) is 15.4. The molecule has 0 radical (unpaired) electrons. The highest BCUT2D eigenvalue weighted by molar-refractivity contribution is 7.13. The number of amides is 1. The highest BCUT2D eigenvalue weighted by Crippen LogP contribution is 2.14. The van der Waals surface area contributed by atoms with Crippen molar-refractivity contribution in [1.82, 2.24) is 20.1 Å². The van der Waals surface area contributed by atoms with Crippen LogP contribution in [-0.4, -0.2) is 33.3 Å². The maximum atomic E-state index is 11.9. The predicted octanol–water partition coefficient (Wildman–Crippen LogP) is 2.13. The molecule has 0 aromatic carbocycles. The summed E-state index contributed by atoms with van der Waals surface area (Å²) in [4.78, 5) is 16.1. The molecule has 0 spiro atoms. The van der Waals surface area contributed by atoms with Crippen LogP contribution in [0.5, 0.6) is 0 Å². The first-order valence-electron chi connectivity index (χ1n) is 6.92. The molecule has 0 aliphatic heterocycles. The van der Waals surface area contributed by atoms with Gasteiger partial charge in [0.15, 0.2) is 5.13 Å². The van der Waals surface area contributed by atoms with Crippen LogP contribution >= 0.6 is 11.3 Å². The van der Waals surface area contributed by atoms with Gasteiger partial charge in [-0.25, -0.2) is 4.98 Å². The Bertz CT molecular complexity index is 606. The Hall–Kier alpha value is -1.73. The standard InChI is InChI=1S/C14H21N5OS/c1-9-5-16-19(7-9)12(4)11(3)15-6-13(20)18-14-17-10(2)8-21-14/h5,7-8,11-12,15H,6H2,1-4H3,(H,17,18,20)/t11-,12+/m0/s1. The first kappa shape index (κ1) is 15.7. The lowest BCUT2D eigenvalue weighted by molar-refractivity contribution is -0.115. The van der Waals surface area contributed by atoms with Gasteiger partial charge in [-0.05, 0) is 33.3 Å². The van der Waals surface area contributed by atoms with Crippen LogP contribution in [0.3, 0.4) is 0 Å². The molecule has 114 valence electrons. The predicted molar refractivity (Wildman–Crippen MR) is 84.6 cm³/mol. The summed E-state index contributed by atoms with van der Waals surface area (Å²) in [7, 11) is 0. The Labute approximate surface area is 128 Å². The molecule has 7 heteroatoms. The van der Waals surface area contributed by atoms with E-state index in [0.29, 0.717) is 5.13 Å². The Morgan fingerprint density at radius 1 is 1.43 bits per heavy atom. The number of nitrogens with zero attached hydrogens (tertiary/aromatic N) is 3. The van der Waals surface area contributed by atoms with Crippen LogP contribution in [0, 0.1) is 13.8 Å². The Balaban J connectivity index is 1.80. The van der Waals surface area contributed by atoms with E-state index in [4.69, 9.17) is 0 Å². The second kappa shape index (κ2) is 6.82. The molecule has 0 aliphatic rings. The quantitative estimate of drug-likeness (QED) is 0.857. The molecular formula is C14H21N5OS. The van der Waals surface area contributed by atoms with Crippen molar-refractivity contribution in [2.75, 3.05) is 11.9 Å². The summed E-state index contributed by atoms with van der Waals surface area (Å²) in [5.41, 5.74) is 2.05. The molecule has 2 heterocycles. The maximum absolute atomic E-state index is 11.9. The Morgan fingerprint density at radius 3 is 2.76 bits per heavy atom. The monoisotopic (exact) mass is 307 g/mol. The zero-order valence-electron chi connectivity index (χ0n) is 12.8. The highest BCUT2D eigenvalue weighted by atomic mass is 32.1. The lowest BCUT2D eigenvalue weighted by atomic mass is 10.2. The van der Waals surface area contributed by atoms with Gasteiger partial charge < -0.3 is 10.6 Å². The van der Waals surface area contributed by atoms with E-state index in [1.165, 1.54) is 11.3 Å². The van der Waals surface area contributed by atoms with Crippen molar-refractivity contribution in [2.24, 2.45) is 0 Å². The Morgan fingerprint density at radius 2 is 2.19 bits per heavy atom. The van der Waals surface area contributed by atoms with Crippen molar-refractivity contribution in [3.8, 4) is 0 Å². The van der Waals surface area contributed by atoms with Crippen molar-refractivity contribution in [3.63, 3.8) is 0 Å². The molecule has 0 unspecified atom stereocenters. The number of carbonyl (C=O) groups is 1. The fraction of sp³-hybridized carbons (Fsp3) is 0.500. The van der Waals surface area contributed by atoms with E-state index in [9.17, 15) is 4.79 Å². The number of nitrogens with one attached hydrogen (secondary N) is 2. The molecule has 2 aromatic heterocycles. The lowest BCUT2D eigenvalue weighted by Crippen LogP contribution is -2.39. The Kier molecular flexibility index (Phi) is 5.08. The van der Waals surface area contributed by atoms with E-state index < -0.39 is 0 Å². The number of rotatable bonds is 6. The van der Waals surface area contributed by atoms with E-state index in [1.54, 1.807) is 0 Å². The molecule has 21 heavy (non-hydrogen) atoms. The summed E-state index contributed by atoms with van der Waals surface area (Å²) >= 11 is 1.43. The summed E-state index contributed by atoms with van der Waals surface area (Å²) < 4.78 is 1.91. The summed E-state index contributed by atoms with van der Waals surface area (Å²) in [6.07, 6.45) is 3.84. The highest BCUT2D eigenvalue weighted by Gasteiger charge is 2.15. The molecular weight excluding hydrogens is 286 g/mol. The number of hydrogen-bond acceptors (Lipinski definition) is 5. The van der Waals surface area contributed by atoms with Crippen LogP contribution in [0.1, 0.15) is 31.1 Å². The third kappa shape index (κ3) is 4.37. The van der Waals surface area contributed by atoms with Crippen LogP contribution in [0.25, 0.3) is 0 Å². The van der Waals surface area contributed by atoms with Gasteiger partial charge in [0.05, 0.1) is 24.5 Å². The molecule has 2 N–H and O–H groups in total. The largest absolute Gasteiger partial charge is 0.304 e. The number of anilines is 1. The van der Waals surface area contributed by atoms with Crippen LogP contribution in [0.2, 0.25) is 0 Å². The van der Waals surface area contributed by atoms with Gasteiger partial charge in [-0.2, -0.15) is 5.10 Å². The third-order valence-electron chi connectivity index (χ3n) is 3.32. The van der Waals surface area contributed by atoms with E-state index in [-0.39, 0.29) is 24.5 Å². The SMILES string of the molecule is Cc1cnn([C@H](C)[C@H](C)NCC(=O)Nc2nc(C)cs2)c1. The van der Waals surface area contributed by atoms with E-state index in [1.807, 2.05) is 43.2 Å². The molecule has 6 nitrogen and oxygen atoms in total. The first-order chi connectivity index (χ1) is 9.95. The van der Waals surface area contributed by atoms with Crippen molar-refractivity contribution in [2.45, 2.75) is 39.8 Å². The molecule has 0 saturated carbocycles. The van der Waals surface area contributed by atoms with Crippen LogP contribution < -0.4 is 10.6 Å². The van der Waals surface area contributed by atoms with Crippen molar-refractivity contribution in [3.05, 3.63) is 29.0 Å². The molecule has 2 atom stereocenters. The lowest BCUT2D eigenvalue weighted by Gasteiger charge is -2.21. The first-order valence-corrected chi connectivity index (χ1v) is 7.80. The molecule has 2 rings (SSSR count). The number of aromatic nitrogens is 3. The molecule has 0 saturated heterocycles. The van der Waals surface area contributed by atoms with Gasteiger partial charge in [0, 0.05) is 17.6 Å². The fourth-order valence-corrected chi connectivity index (χ4v) is 2.59. The van der Waals surface area contributed by atoms with E-state index in [2.05, 4.69) is 27.6 Å². The van der Waals surface area contributed by atoms with Gasteiger partial charge in [-0.3, -0.25) is 9.48 Å². The van der Waals surface area contributed by atoms with E-state index >= 15 is 0 Å². The minimum atomic E-state index is -0.0833. The number of carbonyl (C=O) groups excluding carboxylic acids is 1. The zero-order valence-corrected chi connectivity index (χ0v) is 13.6. The average molecular weight is 307 g/mol. The maximum Gasteiger partial charge on any atom is 0.240 e. The van der Waals surface area contributed by atoms with Crippen molar-refractivity contribution in [1.29, 1.82) is 0 Å². The molecule has 1 amide bonds. The summed E-state index contributed by atoms with van der Waals surface area (Å²) in [6.45, 7) is 8.29. The molecule has 0 bridgehead atoms.